The molecule has 0 aliphatic carbocycles. The summed E-state index contributed by atoms with van der Waals surface area (Å²) in [5.74, 6) is 0.540. The number of aromatic nitrogens is 3. The molecule has 0 spiro atoms. The SMILES string of the molecule is CCCc1nnsc1-c1nc2cc(Br)cc(N)c2o1. The van der Waals surface area contributed by atoms with Gasteiger partial charge < -0.3 is 10.2 Å². The van der Waals surface area contributed by atoms with Crippen LogP contribution in [0.4, 0.5) is 5.69 Å². The van der Waals surface area contributed by atoms with Gasteiger partial charge in [0.2, 0.25) is 5.89 Å². The van der Waals surface area contributed by atoms with Gasteiger partial charge in [-0.3, -0.25) is 0 Å². The third kappa shape index (κ3) is 2.23. The number of fused-ring (bicyclic) bond motifs is 1. The smallest absolute Gasteiger partial charge is 0.241 e. The van der Waals surface area contributed by atoms with Gasteiger partial charge in [0.15, 0.2) is 5.58 Å². The second-order valence-corrected chi connectivity index (χ2v) is 5.83. The van der Waals surface area contributed by atoms with Crippen molar-refractivity contribution in [1.82, 2.24) is 14.6 Å². The molecular weight excluding hydrogens is 328 g/mol. The summed E-state index contributed by atoms with van der Waals surface area (Å²) in [5, 5.41) is 4.12. The zero-order chi connectivity index (χ0) is 13.4. The van der Waals surface area contributed by atoms with E-state index in [0.717, 1.165) is 33.4 Å². The molecule has 0 fully saturated rings. The van der Waals surface area contributed by atoms with Crippen molar-refractivity contribution in [2.75, 3.05) is 5.73 Å². The average Bonchev–Trinajstić information content (AvgIpc) is 2.95. The fourth-order valence-corrected chi connectivity index (χ4v) is 2.99. The van der Waals surface area contributed by atoms with Gasteiger partial charge in [0.25, 0.3) is 0 Å². The van der Waals surface area contributed by atoms with E-state index in [-0.39, 0.29) is 0 Å². The zero-order valence-electron chi connectivity index (χ0n) is 10.2. The van der Waals surface area contributed by atoms with E-state index in [1.54, 1.807) is 6.07 Å². The third-order valence-electron chi connectivity index (χ3n) is 2.72. The summed E-state index contributed by atoms with van der Waals surface area (Å²) in [6, 6.07) is 3.68. The second kappa shape index (κ2) is 4.90. The molecule has 7 heteroatoms. The van der Waals surface area contributed by atoms with Crippen LogP contribution in [0, 0.1) is 0 Å². The Morgan fingerprint density at radius 1 is 1.42 bits per heavy atom. The topological polar surface area (TPSA) is 77.8 Å². The molecule has 2 N–H and O–H groups in total. The van der Waals surface area contributed by atoms with Gasteiger partial charge in [0.05, 0.1) is 11.4 Å². The molecule has 0 saturated heterocycles. The number of aryl methyl sites for hydroxylation is 1. The van der Waals surface area contributed by atoms with Crippen molar-refractivity contribution in [2.24, 2.45) is 0 Å². The molecule has 0 aliphatic rings. The molecule has 3 aromatic rings. The molecule has 0 saturated carbocycles. The molecule has 0 amide bonds. The summed E-state index contributed by atoms with van der Waals surface area (Å²) in [6.07, 6.45) is 1.87. The van der Waals surface area contributed by atoms with E-state index in [1.165, 1.54) is 11.5 Å². The van der Waals surface area contributed by atoms with E-state index in [2.05, 4.69) is 37.4 Å². The quantitative estimate of drug-likeness (QED) is 0.737. The van der Waals surface area contributed by atoms with E-state index < -0.39 is 0 Å². The van der Waals surface area contributed by atoms with Gasteiger partial charge in [0.1, 0.15) is 10.4 Å². The van der Waals surface area contributed by atoms with Crippen molar-refractivity contribution >= 4 is 44.2 Å². The highest BCUT2D eigenvalue weighted by molar-refractivity contribution is 9.10. The van der Waals surface area contributed by atoms with E-state index in [4.69, 9.17) is 10.2 Å². The maximum atomic E-state index is 5.93. The van der Waals surface area contributed by atoms with Crippen molar-refractivity contribution in [3.63, 3.8) is 0 Å². The Labute approximate surface area is 122 Å². The minimum Gasteiger partial charge on any atom is -0.433 e. The molecule has 0 bridgehead atoms. The molecule has 5 nitrogen and oxygen atoms in total. The first-order valence-corrected chi connectivity index (χ1v) is 7.43. The van der Waals surface area contributed by atoms with Gasteiger partial charge in [-0.15, -0.1) is 5.10 Å². The van der Waals surface area contributed by atoms with Crippen molar-refractivity contribution in [3.8, 4) is 10.8 Å². The van der Waals surface area contributed by atoms with Crippen molar-refractivity contribution < 1.29 is 4.42 Å². The summed E-state index contributed by atoms with van der Waals surface area (Å²) in [6.45, 7) is 2.10. The Morgan fingerprint density at radius 2 is 2.26 bits per heavy atom. The minimum atomic E-state index is 0.540. The number of nitrogens with zero attached hydrogens (tertiary/aromatic N) is 3. The van der Waals surface area contributed by atoms with Crippen LogP contribution in [0.25, 0.3) is 21.9 Å². The lowest BCUT2D eigenvalue weighted by molar-refractivity contribution is 0.621. The van der Waals surface area contributed by atoms with Crippen LogP contribution in [0.3, 0.4) is 0 Å². The number of hydrogen-bond donors (Lipinski definition) is 1. The Hall–Kier alpha value is -1.47. The first-order chi connectivity index (χ1) is 9.19. The fourth-order valence-electron chi connectivity index (χ4n) is 1.89. The van der Waals surface area contributed by atoms with Crippen LogP contribution in [0.15, 0.2) is 21.0 Å². The van der Waals surface area contributed by atoms with E-state index in [1.807, 2.05) is 6.07 Å². The molecule has 0 aliphatic heterocycles. The number of rotatable bonds is 3. The predicted octanol–water partition coefficient (Wildman–Crippen LogP) is 3.64. The zero-order valence-corrected chi connectivity index (χ0v) is 12.6. The van der Waals surface area contributed by atoms with Gasteiger partial charge in [-0.1, -0.05) is 33.8 Å². The van der Waals surface area contributed by atoms with Crippen LogP contribution in [0.1, 0.15) is 19.0 Å². The summed E-state index contributed by atoms with van der Waals surface area (Å²) >= 11 is 4.69. The largest absolute Gasteiger partial charge is 0.433 e. The molecule has 98 valence electrons. The molecule has 0 atom stereocenters. The summed E-state index contributed by atoms with van der Waals surface area (Å²) in [7, 11) is 0. The maximum Gasteiger partial charge on any atom is 0.241 e. The number of anilines is 1. The molecule has 2 aromatic heterocycles. The maximum absolute atomic E-state index is 5.93. The lowest BCUT2D eigenvalue weighted by Crippen LogP contribution is -1.86. The highest BCUT2D eigenvalue weighted by Crippen LogP contribution is 2.33. The Morgan fingerprint density at radius 3 is 3.05 bits per heavy atom. The normalized spacial score (nSPS) is 11.3. The summed E-state index contributed by atoms with van der Waals surface area (Å²) in [4.78, 5) is 5.36. The Kier molecular flexibility index (Phi) is 3.24. The van der Waals surface area contributed by atoms with Gasteiger partial charge in [0, 0.05) is 4.47 Å². The number of benzene rings is 1. The molecule has 0 radical (unpaired) electrons. The fraction of sp³-hybridized carbons (Fsp3) is 0.250. The highest BCUT2D eigenvalue weighted by Gasteiger charge is 2.17. The number of oxazole rings is 1. The van der Waals surface area contributed by atoms with Crippen LogP contribution in [-0.2, 0) is 6.42 Å². The first kappa shape index (κ1) is 12.6. The first-order valence-electron chi connectivity index (χ1n) is 5.86. The van der Waals surface area contributed by atoms with E-state index >= 15 is 0 Å². The van der Waals surface area contributed by atoms with Gasteiger partial charge in [-0.05, 0) is 30.1 Å². The lowest BCUT2D eigenvalue weighted by Gasteiger charge is -1.94. The number of nitrogen functional groups attached to an aromatic ring is 1. The molecule has 2 heterocycles. The second-order valence-electron chi connectivity index (χ2n) is 4.16. The number of hydrogen-bond acceptors (Lipinski definition) is 6. The molecule has 19 heavy (non-hydrogen) atoms. The highest BCUT2D eigenvalue weighted by atomic mass is 79.9. The Bertz CT molecular complexity index is 736. The van der Waals surface area contributed by atoms with Gasteiger partial charge in [-0.2, -0.15) is 0 Å². The Balaban J connectivity index is 2.15. The van der Waals surface area contributed by atoms with Crippen molar-refractivity contribution in [2.45, 2.75) is 19.8 Å². The summed E-state index contributed by atoms with van der Waals surface area (Å²) < 4.78 is 10.6. The van der Waals surface area contributed by atoms with Crippen LogP contribution in [-0.4, -0.2) is 14.6 Å². The lowest BCUT2D eigenvalue weighted by atomic mass is 10.2. The molecule has 3 rings (SSSR count). The van der Waals surface area contributed by atoms with Crippen LogP contribution < -0.4 is 5.73 Å². The monoisotopic (exact) mass is 338 g/mol. The molecule has 0 unspecified atom stereocenters. The van der Waals surface area contributed by atoms with Crippen LogP contribution in [0.2, 0.25) is 0 Å². The average molecular weight is 339 g/mol. The van der Waals surface area contributed by atoms with Crippen LogP contribution >= 0.6 is 27.5 Å². The van der Waals surface area contributed by atoms with Crippen LogP contribution in [0.5, 0.6) is 0 Å². The standard InChI is InChI=1S/C12H11BrN4OS/c1-2-3-8-11(19-17-16-8)12-15-9-5-6(13)4-7(14)10(9)18-12/h4-5H,2-3,14H2,1H3. The van der Waals surface area contributed by atoms with Crippen molar-refractivity contribution in [1.29, 1.82) is 0 Å². The number of nitrogens with two attached hydrogens (primary N) is 1. The number of halogens is 1. The summed E-state index contributed by atoms with van der Waals surface area (Å²) in [5.41, 5.74) is 8.76. The van der Waals surface area contributed by atoms with Gasteiger partial charge >= 0.3 is 0 Å². The van der Waals surface area contributed by atoms with E-state index in [9.17, 15) is 0 Å². The van der Waals surface area contributed by atoms with Crippen molar-refractivity contribution in [3.05, 3.63) is 22.3 Å². The molecular formula is C12H11BrN4OS. The molecule has 1 aromatic carbocycles. The third-order valence-corrected chi connectivity index (χ3v) is 3.93. The predicted molar refractivity (Wildman–Crippen MR) is 79.0 cm³/mol. The van der Waals surface area contributed by atoms with Gasteiger partial charge in [-0.25, -0.2) is 4.98 Å². The minimum absolute atomic E-state index is 0.540. The van der Waals surface area contributed by atoms with E-state index in [0.29, 0.717) is 17.2 Å².